The molecule has 0 heterocycles. The summed E-state index contributed by atoms with van der Waals surface area (Å²) >= 11 is 0. The highest BCUT2D eigenvalue weighted by Gasteiger charge is 2.58. The molecule has 2 heteroatoms. The van der Waals surface area contributed by atoms with Crippen molar-refractivity contribution in [3.8, 4) is 0 Å². The van der Waals surface area contributed by atoms with Crippen molar-refractivity contribution in [1.82, 2.24) is 0 Å². The van der Waals surface area contributed by atoms with Crippen LogP contribution in [0.2, 0.25) is 0 Å². The summed E-state index contributed by atoms with van der Waals surface area (Å²) in [5.74, 6) is 2.20. The van der Waals surface area contributed by atoms with Gasteiger partial charge in [0.25, 0.3) is 0 Å². The molecule has 0 aromatic rings. The van der Waals surface area contributed by atoms with Gasteiger partial charge in [0, 0.05) is 11.3 Å². The highest BCUT2D eigenvalue weighted by atomic mass is 16.3. The predicted molar refractivity (Wildman–Crippen MR) is 87.3 cm³/mol. The Morgan fingerprint density at radius 3 is 2.73 bits per heavy atom. The maximum absolute atomic E-state index is 11.5. The van der Waals surface area contributed by atoms with Crippen LogP contribution in [0.4, 0.5) is 0 Å². The molecule has 0 saturated heterocycles. The molecule has 0 aromatic heterocycles. The van der Waals surface area contributed by atoms with Gasteiger partial charge in [-0.15, -0.1) is 0 Å². The van der Waals surface area contributed by atoms with E-state index >= 15 is 0 Å². The average Bonchev–Trinajstić information content (AvgIpc) is 2.85. The topological polar surface area (TPSA) is 37.3 Å². The van der Waals surface area contributed by atoms with E-state index in [2.05, 4.69) is 19.9 Å². The van der Waals surface area contributed by atoms with Gasteiger partial charge in [0.05, 0.1) is 6.10 Å². The van der Waals surface area contributed by atoms with E-state index in [1.165, 1.54) is 38.4 Å². The molecule has 4 aliphatic carbocycles. The molecule has 3 saturated carbocycles. The highest BCUT2D eigenvalue weighted by Crippen LogP contribution is 2.65. The van der Waals surface area contributed by atoms with Gasteiger partial charge in [-0.1, -0.05) is 31.9 Å². The van der Waals surface area contributed by atoms with Crippen molar-refractivity contribution in [3.05, 3.63) is 11.6 Å². The summed E-state index contributed by atoms with van der Waals surface area (Å²) in [6, 6.07) is 0. The van der Waals surface area contributed by atoms with Gasteiger partial charge in [-0.05, 0) is 68.1 Å². The minimum absolute atomic E-state index is 0.0156. The number of aldehydes is 1. The maximum atomic E-state index is 11.5. The second-order valence-electron chi connectivity index (χ2n) is 8.91. The summed E-state index contributed by atoms with van der Waals surface area (Å²) in [7, 11) is 0. The molecule has 0 spiro atoms. The van der Waals surface area contributed by atoms with Gasteiger partial charge in [0.15, 0.2) is 0 Å². The Morgan fingerprint density at radius 1 is 1.14 bits per heavy atom. The quantitative estimate of drug-likeness (QED) is 0.584. The molecule has 0 amide bonds. The Morgan fingerprint density at radius 2 is 1.95 bits per heavy atom. The van der Waals surface area contributed by atoms with E-state index in [0.717, 1.165) is 19.3 Å². The third-order valence-electron chi connectivity index (χ3n) is 8.31. The number of carbonyl (C=O) groups is 1. The Kier molecular flexibility index (Phi) is 3.35. The van der Waals surface area contributed by atoms with Crippen molar-refractivity contribution in [3.63, 3.8) is 0 Å². The number of hydrogen-bond donors (Lipinski definition) is 1. The van der Waals surface area contributed by atoms with E-state index in [1.54, 1.807) is 5.57 Å². The van der Waals surface area contributed by atoms with E-state index in [0.29, 0.717) is 17.8 Å². The van der Waals surface area contributed by atoms with Crippen LogP contribution in [0, 0.1) is 34.5 Å². The normalized spacial score (nSPS) is 54.0. The third kappa shape index (κ3) is 1.74. The van der Waals surface area contributed by atoms with Crippen molar-refractivity contribution in [2.75, 3.05) is 0 Å². The number of allylic oxidation sites excluding steroid dienone is 1. The number of fused-ring (bicyclic) bond motifs is 5. The number of aliphatic hydroxyl groups excluding tert-OH is 1. The second kappa shape index (κ2) is 4.93. The molecule has 2 nitrogen and oxygen atoms in total. The maximum Gasteiger partial charge on any atom is 0.123 e. The lowest BCUT2D eigenvalue weighted by Gasteiger charge is -2.57. The van der Waals surface area contributed by atoms with Gasteiger partial charge >= 0.3 is 0 Å². The summed E-state index contributed by atoms with van der Waals surface area (Å²) in [4.78, 5) is 11.5. The summed E-state index contributed by atoms with van der Waals surface area (Å²) < 4.78 is 0. The standard InChI is InChI=1S/C20H30O2/c1-19-11-10-17-15(16(19)9-7-14(19)12-21)8-6-13-4-3-5-18(22)20(13,17)2/h10,12-16,18,22H,3-9,11H2,1-2H3/t13?,14?,15-,16-,18?,19+,20-/m0/s1. The zero-order valence-electron chi connectivity index (χ0n) is 14.1. The molecule has 7 atom stereocenters. The zero-order chi connectivity index (χ0) is 15.5. The first-order valence-corrected chi connectivity index (χ1v) is 9.35. The molecule has 3 unspecified atom stereocenters. The van der Waals surface area contributed by atoms with Gasteiger partial charge < -0.3 is 9.90 Å². The molecule has 3 fully saturated rings. The summed E-state index contributed by atoms with van der Waals surface area (Å²) in [5.41, 5.74) is 1.77. The minimum Gasteiger partial charge on any atom is -0.392 e. The third-order valence-corrected chi connectivity index (χ3v) is 8.31. The van der Waals surface area contributed by atoms with Crippen LogP contribution in [0.25, 0.3) is 0 Å². The van der Waals surface area contributed by atoms with E-state index < -0.39 is 0 Å². The van der Waals surface area contributed by atoms with Crippen LogP contribution >= 0.6 is 0 Å². The summed E-state index contributed by atoms with van der Waals surface area (Å²) in [6.07, 6.45) is 12.9. The number of rotatable bonds is 1. The lowest BCUT2D eigenvalue weighted by molar-refractivity contribution is -0.115. The SMILES string of the molecule is C[C@@]12C3=CC[C@]4(C)C(C=O)CC[C@H]4[C@@H]3CCC1CCCC2O. The van der Waals surface area contributed by atoms with Crippen LogP contribution < -0.4 is 0 Å². The van der Waals surface area contributed by atoms with Gasteiger partial charge in [-0.25, -0.2) is 0 Å². The molecule has 0 aromatic carbocycles. The lowest BCUT2D eigenvalue weighted by Crippen LogP contribution is -2.52. The first kappa shape index (κ1) is 14.9. The minimum atomic E-state index is -0.159. The number of carbonyl (C=O) groups excluding carboxylic acids is 1. The summed E-state index contributed by atoms with van der Waals surface area (Å²) in [5, 5.41) is 10.8. The first-order chi connectivity index (χ1) is 10.5. The monoisotopic (exact) mass is 302 g/mol. The molecule has 0 aliphatic heterocycles. The fourth-order valence-corrected chi connectivity index (χ4v) is 6.84. The summed E-state index contributed by atoms with van der Waals surface area (Å²) in [6.45, 7) is 4.69. The predicted octanol–water partition coefficient (Wildman–Crippen LogP) is 4.13. The Balaban J connectivity index is 1.74. The molecule has 1 N–H and O–H groups in total. The Hall–Kier alpha value is -0.630. The molecule has 0 radical (unpaired) electrons. The van der Waals surface area contributed by atoms with E-state index in [1.807, 2.05) is 0 Å². The van der Waals surface area contributed by atoms with Crippen molar-refractivity contribution < 1.29 is 9.90 Å². The number of aliphatic hydroxyl groups is 1. The molecule has 0 bridgehead atoms. The van der Waals surface area contributed by atoms with Gasteiger partial charge in [-0.3, -0.25) is 0 Å². The molecular formula is C20H30O2. The molecule has 4 rings (SSSR count). The van der Waals surface area contributed by atoms with Crippen molar-refractivity contribution in [2.24, 2.45) is 34.5 Å². The van der Waals surface area contributed by atoms with Gasteiger partial charge in [0.1, 0.15) is 6.29 Å². The number of hydrogen-bond acceptors (Lipinski definition) is 2. The van der Waals surface area contributed by atoms with E-state index in [9.17, 15) is 9.90 Å². The van der Waals surface area contributed by atoms with Crippen molar-refractivity contribution in [2.45, 2.75) is 71.3 Å². The van der Waals surface area contributed by atoms with Crippen LogP contribution in [0.3, 0.4) is 0 Å². The lowest BCUT2D eigenvalue weighted by atomic mass is 9.48. The molecule has 122 valence electrons. The molecule has 22 heavy (non-hydrogen) atoms. The zero-order valence-corrected chi connectivity index (χ0v) is 14.1. The smallest absolute Gasteiger partial charge is 0.123 e. The fraction of sp³-hybridized carbons (Fsp3) is 0.850. The first-order valence-electron chi connectivity index (χ1n) is 9.35. The largest absolute Gasteiger partial charge is 0.392 e. The molecular weight excluding hydrogens is 272 g/mol. The Labute approximate surface area is 134 Å². The fourth-order valence-electron chi connectivity index (χ4n) is 6.84. The van der Waals surface area contributed by atoms with E-state index in [-0.39, 0.29) is 22.9 Å². The van der Waals surface area contributed by atoms with Crippen molar-refractivity contribution >= 4 is 6.29 Å². The Bertz CT molecular complexity index is 510. The van der Waals surface area contributed by atoms with Crippen LogP contribution in [-0.2, 0) is 4.79 Å². The van der Waals surface area contributed by atoms with Crippen LogP contribution in [0.15, 0.2) is 11.6 Å². The van der Waals surface area contributed by atoms with Gasteiger partial charge in [-0.2, -0.15) is 0 Å². The van der Waals surface area contributed by atoms with Crippen LogP contribution in [0.1, 0.15) is 65.2 Å². The molecule has 4 aliphatic rings. The van der Waals surface area contributed by atoms with Crippen LogP contribution in [0.5, 0.6) is 0 Å². The highest BCUT2D eigenvalue weighted by molar-refractivity contribution is 5.56. The van der Waals surface area contributed by atoms with Crippen LogP contribution in [-0.4, -0.2) is 17.5 Å². The van der Waals surface area contributed by atoms with Crippen molar-refractivity contribution in [1.29, 1.82) is 0 Å². The van der Waals surface area contributed by atoms with Gasteiger partial charge in [0.2, 0.25) is 0 Å². The van der Waals surface area contributed by atoms with E-state index in [4.69, 9.17) is 0 Å². The average molecular weight is 302 g/mol. The second-order valence-corrected chi connectivity index (χ2v) is 8.91.